The summed E-state index contributed by atoms with van der Waals surface area (Å²) >= 11 is 0. The Hall–Kier alpha value is -4.14. The minimum atomic E-state index is -1.65. The second kappa shape index (κ2) is 7.23. The highest BCUT2D eigenvalue weighted by Crippen LogP contribution is 2.44. The summed E-state index contributed by atoms with van der Waals surface area (Å²) in [4.78, 5) is 41.7. The smallest absolute Gasteiger partial charge is 0.260 e. The molecule has 3 aromatic rings. The fraction of sp³-hybridized carbons (Fsp3) is 0.0870. The van der Waals surface area contributed by atoms with Crippen LogP contribution in [0.15, 0.2) is 60.7 Å². The van der Waals surface area contributed by atoms with Gasteiger partial charge in [-0.05, 0) is 18.2 Å². The monoisotopic (exact) mass is 437 g/mol. The van der Waals surface area contributed by atoms with Crippen molar-refractivity contribution < 1.29 is 27.6 Å². The fourth-order valence-electron chi connectivity index (χ4n) is 4.12. The zero-order valence-corrected chi connectivity index (χ0v) is 16.3. The van der Waals surface area contributed by atoms with Gasteiger partial charge in [0.25, 0.3) is 11.8 Å². The molecule has 0 saturated heterocycles. The van der Waals surface area contributed by atoms with Gasteiger partial charge in [0.2, 0.25) is 5.91 Å². The summed E-state index contributed by atoms with van der Waals surface area (Å²) in [7, 11) is 0. The molecule has 2 aliphatic rings. The molecule has 6 nitrogen and oxygen atoms in total. The number of hydrogen-bond acceptors (Lipinski definition) is 3. The Balaban J connectivity index is 1.51. The minimum Gasteiger partial charge on any atom is -0.324 e. The molecule has 1 N–H and O–H groups in total. The van der Waals surface area contributed by atoms with Gasteiger partial charge >= 0.3 is 0 Å². The molecular formula is C23H14F3N3O3. The first kappa shape index (κ1) is 19.8. The largest absolute Gasteiger partial charge is 0.324 e. The van der Waals surface area contributed by atoms with E-state index in [2.05, 4.69) is 5.32 Å². The van der Waals surface area contributed by atoms with Crippen LogP contribution in [0.3, 0.4) is 0 Å². The summed E-state index contributed by atoms with van der Waals surface area (Å²) in [6.07, 6.45) is -0.853. The van der Waals surface area contributed by atoms with Gasteiger partial charge in [-0.25, -0.2) is 13.2 Å². The molecule has 32 heavy (non-hydrogen) atoms. The molecule has 0 fully saturated rings. The minimum absolute atomic E-state index is 0.247. The maximum absolute atomic E-state index is 13.5. The van der Waals surface area contributed by atoms with Crippen LogP contribution in [0.25, 0.3) is 0 Å². The van der Waals surface area contributed by atoms with Crippen LogP contribution in [0.2, 0.25) is 0 Å². The third kappa shape index (κ3) is 2.93. The van der Waals surface area contributed by atoms with Crippen LogP contribution in [0.4, 0.5) is 24.5 Å². The number of para-hydroxylation sites is 1. The van der Waals surface area contributed by atoms with E-state index in [0.29, 0.717) is 28.9 Å². The van der Waals surface area contributed by atoms with Crippen molar-refractivity contribution >= 4 is 29.1 Å². The summed E-state index contributed by atoms with van der Waals surface area (Å²) in [5, 5.41) is 2.27. The van der Waals surface area contributed by atoms with Crippen LogP contribution < -0.4 is 10.2 Å². The number of hydrogen-bond donors (Lipinski definition) is 1. The molecule has 1 unspecified atom stereocenters. The lowest BCUT2D eigenvalue weighted by Crippen LogP contribution is -2.50. The highest BCUT2D eigenvalue weighted by Gasteiger charge is 2.48. The number of nitrogens with one attached hydrogen (secondary N) is 1. The normalized spacial score (nSPS) is 16.5. The Morgan fingerprint density at radius 1 is 0.875 bits per heavy atom. The molecule has 0 spiro atoms. The van der Waals surface area contributed by atoms with E-state index >= 15 is 0 Å². The number of carbonyl (C=O) groups excluding carboxylic acids is 3. The van der Waals surface area contributed by atoms with Crippen LogP contribution in [0, 0.1) is 17.5 Å². The molecule has 0 aromatic heterocycles. The standard InChI is InChI=1S/C23H14F3N3O3/c24-16-9-12(10-17(25)20(16)26)27-19(30)11-28-21-13-5-1-2-6-14(13)23(32)29(21)18-8-4-3-7-15(18)22(28)31/h1-10,21H,11H2,(H,27,30). The first-order valence-corrected chi connectivity index (χ1v) is 9.63. The molecule has 160 valence electrons. The quantitative estimate of drug-likeness (QED) is 0.633. The summed E-state index contributed by atoms with van der Waals surface area (Å²) < 4.78 is 40.2. The number of halogens is 3. The van der Waals surface area contributed by atoms with E-state index in [4.69, 9.17) is 0 Å². The second-order valence-corrected chi connectivity index (χ2v) is 7.39. The number of nitrogens with zero attached hydrogens (tertiary/aromatic N) is 2. The van der Waals surface area contributed by atoms with Gasteiger partial charge in [-0.2, -0.15) is 0 Å². The third-order valence-corrected chi connectivity index (χ3v) is 5.46. The lowest BCUT2D eigenvalue weighted by Gasteiger charge is -2.40. The fourth-order valence-corrected chi connectivity index (χ4v) is 4.12. The highest BCUT2D eigenvalue weighted by atomic mass is 19.2. The molecule has 0 aliphatic carbocycles. The zero-order valence-electron chi connectivity index (χ0n) is 16.3. The summed E-state index contributed by atoms with van der Waals surface area (Å²) in [6, 6.07) is 14.6. The van der Waals surface area contributed by atoms with E-state index in [1.807, 2.05) is 0 Å². The first-order chi connectivity index (χ1) is 15.4. The topological polar surface area (TPSA) is 69.7 Å². The predicted molar refractivity (Wildman–Crippen MR) is 108 cm³/mol. The highest BCUT2D eigenvalue weighted by molar-refractivity contribution is 6.17. The summed E-state index contributed by atoms with van der Waals surface area (Å²) in [6.45, 7) is -0.503. The van der Waals surface area contributed by atoms with Crippen molar-refractivity contribution in [3.8, 4) is 0 Å². The Kier molecular flexibility index (Phi) is 4.47. The molecule has 3 aromatic carbocycles. The molecule has 0 saturated carbocycles. The van der Waals surface area contributed by atoms with Crippen LogP contribution in [0.1, 0.15) is 32.4 Å². The maximum Gasteiger partial charge on any atom is 0.260 e. The first-order valence-electron chi connectivity index (χ1n) is 9.63. The van der Waals surface area contributed by atoms with Crippen molar-refractivity contribution in [2.75, 3.05) is 16.8 Å². The van der Waals surface area contributed by atoms with E-state index in [-0.39, 0.29) is 17.2 Å². The SMILES string of the molecule is O=C(CN1C(=O)c2ccccc2N2C(=O)c3ccccc3C12)Nc1cc(F)c(F)c(F)c1. The zero-order chi connectivity index (χ0) is 22.6. The summed E-state index contributed by atoms with van der Waals surface area (Å²) in [5.41, 5.74) is 1.36. The van der Waals surface area contributed by atoms with Crippen LogP contribution in [-0.2, 0) is 4.79 Å². The number of rotatable bonds is 3. The molecule has 9 heteroatoms. The van der Waals surface area contributed by atoms with Gasteiger partial charge in [0.15, 0.2) is 17.5 Å². The van der Waals surface area contributed by atoms with Crippen molar-refractivity contribution in [3.05, 3.63) is 94.8 Å². The van der Waals surface area contributed by atoms with Crippen LogP contribution in [0.5, 0.6) is 0 Å². The molecule has 5 rings (SSSR count). The Bertz CT molecular complexity index is 1290. The van der Waals surface area contributed by atoms with Gasteiger partial charge < -0.3 is 10.2 Å². The van der Waals surface area contributed by atoms with E-state index in [0.717, 1.165) is 0 Å². The Morgan fingerprint density at radius 2 is 1.50 bits per heavy atom. The van der Waals surface area contributed by atoms with E-state index in [1.165, 1.54) is 9.80 Å². The van der Waals surface area contributed by atoms with Crippen LogP contribution in [-0.4, -0.2) is 29.2 Å². The Morgan fingerprint density at radius 3 is 2.22 bits per heavy atom. The van der Waals surface area contributed by atoms with Gasteiger partial charge in [-0.3, -0.25) is 19.3 Å². The average molecular weight is 437 g/mol. The van der Waals surface area contributed by atoms with Crippen molar-refractivity contribution in [2.45, 2.75) is 6.17 Å². The third-order valence-electron chi connectivity index (χ3n) is 5.46. The summed E-state index contributed by atoms with van der Waals surface area (Å²) in [5.74, 6) is -6.10. The van der Waals surface area contributed by atoms with Crippen molar-refractivity contribution in [1.29, 1.82) is 0 Å². The van der Waals surface area contributed by atoms with Gasteiger partial charge in [0.05, 0.1) is 11.3 Å². The lowest BCUT2D eigenvalue weighted by atomic mass is 10.0. The molecular weight excluding hydrogens is 423 g/mol. The second-order valence-electron chi connectivity index (χ2n) is 7.39. The van der Waals surface area contributed by atoms with Crippen LogP contribution >= 0.6 is 0 Å². The molecule has 3 amide bonds. The van der Waals surface area contributed by atoms with Gasteiger partial charge in [0, 0.05) is 28.9 Å². The number of fused-ring (bicyclic) bond motifs is 5. The van der Waals surface area contributed by atoms with Gasteiger partial charge in [-0.1, -0.05) is 30.3 Å². The van der Waals surface area contributed by atoms with Gasteiger partial charge in [0.1, 0.15) is 12.7 Å². The van der Waals surface area contributed by atoms with Crippen molar-refractivity contribution in [2.24, 2.45) is 0 Å². The molecule has 1 atom stereocenters. The molecule has 2 aliphatic heterocycles. The molecule has 0 radical (unpaired) electrons. The number of benzene rings is 3. The maximum atomic E-state index is 13.5. The Labute approximate surface area is 179 Å². The van der Waals surface area contributed by atoms with E-state index in [9.17, 15) is 27.6 Å². The molecule has 2 heterocycles. The average Bonchev–Trinajstić information content (AvgIpc) is 3.08. The van der Waals surface area contributed by atoms with Crippen molar-refractivity contribution in [3.63, 3.8) is 0 Å². The lowest BCUT2D eigenvalue weighted by molar-refractivity contribution is -0.117. The van der Waals surface area contributed by atoms with Crippen molar-refractivity contribution in [1.82, 2.24) is 4.90 Å². The van der Waals surface area contributed by atoms with Gasteiger partial charge in [-0.15, -0.1) is 0 Å². The number of anilines is 2. The van der Waals surface area contributed by atoms with E-state index < -0.39 is 42.0 Å². The predicted octanol–water partition coefficient (Wildman–Crippen LogP) is 3.86. The number of carbonyl (C=O) groups is 3. The number of amides is 3. The molecule has 0 bridgehead atoms. The van der Waals surface area contributed by atoms with E-state index in [1.54, 1.807) is 48.5 Å².